The van der Waals surface area contributed by atoms with Gasteiger partial charge in [-0.2, -0.15) is 0 Å². The molecule has 5 nitrogen and oxygen atoms in total. The third-order valence-corrected chi connectivity index (χ3v) is 5.66. The highest BCUT2D eigenvalue weighted by molar-refractivity contribution is 7.91. The fourth-order valence-corrected chi connectivity index (χ4v) is 3.98. The van der Waals surface area contributed by atoms with Gasteiger partial charge in [0, 0.05) is 12.6 Å². The van der Waals surface area contributed by atoms with Crippen molar-refractivity contribution in [2.24, 2.45) is 0 Å². The van der Waals surface area contributed by atoms with Gasteiger partial charge in [0.1, 0.15) is 5.76 Å². The summed E-state index contributed by atoms with van der Waals surface area (Å²) in [6.07, 6.45) is 1.65. The third kappa shape index (κ3) is 4.92. The topological polar surface area (TPSA) is 62.6 Å². The van der Waals surface area contributed by atoms with Crippen molar-refractivity contribution in [3.8, 4) is 0 Å². The van der Waals surface area contributed by atoms with Crippen molar-refractivity contribution in [1.82, 2.24) is 10.2 Å². The smallest absolute Gasteiger partial charge is 0.179 e. The predicted molar refractivity (Wildman–Crippen MR) is 91.1 cm³/mol. The van der Waals surface area contributed by atoms with E-state index in [-0.39, 0.29) is 17.8 Å². The lowest BCUT2D eigenvalue weighted by molar-refractivity contribution is 0.246. The Morgan fingerprint density at radius 3 is 2.39 bits per heavy atom. The maximum atomic E-state index is 12.4. The summed E-state index contributed by atoms with van der Waals surface area (Å²) in [4.78, 5) is 2.41. The summed E-state index contributed by atoms with van der Waals surface area (Å²) in [6, 6.07) is 12.2. The quantitative estimate of drug-likeness (QED) is 0.802. The van der Waals surface area contributed by atoms with E-state index in [1.54, 1.807) is 30.5 Å². The highest BCUT2D eigenvalue weighted by atomic mass is 32.2. The molecule has 6 heteroatoms. The van der Waals surface area contributed by atoms with Crippen LogP contribution in [0.1, 0.15) is 18.7 Å². The highest BCUT2D eigenvalue weighted by Gasteiger charge is 2.21. The van der Waals surface area contributed by atoms with E-state index >= 15 is 0 Å². The van der Waals surface area contributed by atoms with Gasteiger partial charge < -0.3 is 9.73 Å². The number of likely N-dealkylation sites (N-methyl/N-ethyl adjacent to an activating group) is 1. The Morgan fingerprint density at radius 2 is 1.83 bits per heavy atom. The van der Waals surface area contributed by atoms with Gasteiger partial charge in [0.25, 0.3) is 0 Å². The second kappa shape index (κ2) is 7.77. The molecule has 1 heterocycles. The van der Waals surface area contributed by atoms with Crippen molar-refractivity contribution in [3.63, 3.8) is 0 Å². The molecule has 126 valence electrons. The second-order valence-electron chi connectivity index (χ2n) is 5.90. The summed E-state index contributed by atoms with van der Waals surface area (Å²) in [5, 5.41) is 3.30. The zero-order valence-electron chi connectivity index (χ0n) is 13.8. The Labute approximate surface area is 138 Å². The number of rotatable bonds is 8. The molecule has 0 saturated carbocycles. The normalized spacial score (nSPS) is 14.8. The number of nitrogens with one attached hydrogen (secondary N) is 1. The van der Waals surface area contributed by atoms with Crippen LogP contribution >= 0.6 is 0 Å². The average Bonchev–Trinajstić information content (AvgIpc) is 3.01. The van der Waals surface area contributed by atoms with Crippen molar-refractivity contribution in [2.45, 2.75) is 23.9 Å². The fourth-order valence-electron chi connectivity index (χ4n) is 2.44. The first-order chi connectivity index (χ1) is 10.9. The van der Waals surface area contributed by atoms with Gasteiger partial charge in [-0.1, -0.05) is 18.2 Å². The molecule has 0 radical (unpaired) electrons. The molecule has 2 aromatic rings. The Balaban J connectivity index is 1.95. The molecule has 2 rings (SSSR count). The molecule has 0 aliphatic carbocycles. The molecular formula is C17H24N2O3S. The average molecular weight is 336 g/mol. The van der Waals surface area contributed by atoms with Gasteiger partial charge in [0.05, 0.1) is 23.0 Å². The summed E-state index contributed by atoms with van der Waals surface area (Å²) >= 11 is 0. The molecule has 23 heavy (non-hydrogen) atoms. The first kappa shape index (κ1) is 17.7. The number of furan rings is 1. The minimum atomic E-state index is -3.28. The van der Waals surface area contributed by atoms with Gasteiger partial charge in [-0.05, 0) is 45.3 Å². The highest BCUT2D eigenvalue weighted by Crippen LogP contribution is 2.18. The summed E-state index contributed by atoms with van der Waals surface area (Å²) < 4.78 is 30.2. The van der Waals surface area contributed by atoms with Crippen molar-refractivity contribution < 1.29 is 12.8 Å². The Morgan fingerprint density at radius 1 is 1.13 bits per heavy atom. The first-order valence-electron chi connectivity index (χ1n) is 7.61. The summed E-state index contributed by atoms with van der Waals surface area (Å²) in [5.74, 6) is 0.926. The van der Waals surface area contributed by atoms with E-state index in [1.807, 2.05) is 44.1 Å². The Kier molecular flexibility index (Phi) is 5.98. The molecule has 2 atom stereocenters. The van der Waals surface area contributed by atoms with Crippen LogP contribution in [0.4, 0.5) is 0 Å². The largest absolute Gasteiger partial charge is 0.468 e. The maximum absolute atomic E-state index is 12.4. The molecule has 0 fully saturated rings. The van der Waals surface area contributed by atoms with E-state index in [9.17, 15) is 8.42 Å². The van der Waals surface area contributed by atoms with Gasteiger partial charge >= 0.3 is 0 Å². The lowest BCUT2D eigenvalue weighted by atomic mass is 10.2. The first-order valence-corrected chi connectivity index (χ1v) is 9.26. The molecule has 1 N–H and O–H groups in total. The van der Waals surface area contributed by atoms with Crippen molar-refractivity contribution in [3.05, 3.63) is 54.5 Å². The third-order valence-electron chi connectivity index (χ3n) is 3.73. The monoisotopic (exact) mass is 336 g/mol. The van der Waals surface area contributed by atoms with Crippen LogP contribution in [-0.2, 0) is 9.84 Å². The molecule has 0 spiro atoms. The van der Waals surface area contributed by atoms with Gasteiger partial charge in [-0.15, -0.1) is 0 Å². The molecule has 0 amide bonds. The lowest BCUT2D eigenvalue weighted by Gasteiger charge is -2.24. The van der Waals surface area contributed by atoms with Gasteiger partial charge in [-0.3, -0.25) is 4.90 Å². The maximum Gasteiger partial charge on any atom is 0.179 e. The van der Waals surface area contributed by atoms with Crippen LogP contribution in [0.15, 0.2) is 58.0 Å². The van der Waals surface area contributed by atoms with E-state index in [0.29, 0.717) is 11.4 Å². The summed E-state index contributed by atoms with van der Waals surface area (Å²) in [7, 11) is 0.664. The minimum Gasteiger partial charge on any atom is -0.468 e. The van der Waals surface area contributed by atoms with E-state index in [0.717, 1.165) is 5.76 Å². The number of sulfone groups is 1. The van der Waals surface area contributed by atoms with Crippen LogP contribution in [0, 0.1) is 0 Å². The minimum absolute atomic E-state index is 0.0619. The summed E-state index contributed by atoms with van der Waals surface area (Å²) in [5.41, 5.74) is 0. The van der Waals surface area contributed by atoms with Crippen LogP contribution in [-0.4, -0.2) is 45.8 Å². The van der Waals surface area contributed by atoms with Gasteiger partial charge in [0.2, 0.25) is 0 Å². The summed E-state index contributed by atoms with van der Waals surface area (Å²) in [6.45, 7) is 2.50. The second-order valence-corrected chi connectivity index (χ2v) is 7.93. The van der Waals surface area contributed by atoms with Gasteiger partial charge in [0.15, 0.2) is 9.84 Å². The standard InChI is InChI=1S/C17H24N2O3S/c1-14(13-23(20,21)15-8-5-4-6-9-15)18-12-16(19(2)3)17-10-7-11-22-17/h4-11,14,16,18H,12-13H2,1-3H3/t14-,16+/m1/s1. The number of nitrogens with zero attached hydrogens (tertiary/aromatic N) is 1. The van der Waals surface area contributed by atoms with Crippen LogP contribution in [0.2, 0.25) is 0 Å². The Hall–Kier alpha value is -1.63. The zero-order valence-corrected chi connectivity index (χ0v) is 14.6. The Bertz CT molecular complexity index is 682. The van der Waals surface area contributed by atoms with Gasteiger partial charge in [-0.25, -0.2) is 8.42 Å². The molecule has 1 aromatic heterocycles. The van der Waals surface area contributed by atoms with Crippen molar-refractivity contribution in [1.29, 1.82) is 0 Å². The van der Waals surface area contributed by atoms with Crippen LogP contribution in [0.25, 0.3) is 0 Å². The number of hydrogen-bond acceptors (Lipinski definition) is 5. The molecule has 0 aliphatic rings. The van der Waals surface area contributed by atoms with E-state index in [1.165, 1.54) is 0 Å². The van der Waals surface area contributed by atoms with Crippen molar-refractivity contribution in [2.75, 3.05) is 26.4 Å². The fraction of sp³-hybridized carbons (Fsp3) is 0.412. The number of hydrogen-bond donors (Lipinski definition) is 1. The molecule has 0 unspecified atom stereocenters. The molecule has 0 bridgehead atoms. The lowest BCUT2D eigenvalue weighted by Crippen LogP contribution is -2.39. The molecule has 0 aliphatic heterocycles. The number of benzene rings is 1. The van der Waals surface area contributed by atoms with Crippen LogP contribution < -0.4 is 5.32 Å². The van der Waals surface area contributed by atoms with Crippen LogP contribution in [0.5, 0.6) is 0 Å². The SMILES string of the molecule is C[C@H](CS(=O)(=O)c1ccccc1)NC[C@@H](c1ccco1)N(C)C. The van der Waals surface area contributed by atoms with Crippen LogP contribution in [0.3, 0.4) is 0 Å². The van der Waals surface area contributed by atoms with E-state index in [4.69, 9.17) is 4.42 Å². The van der Waals surface area contributed by atoms with Crippen molar-refractivity contribution >= 4 is 9.84 Å². The van der Waals surface area contributed by atoms with E-state index in [2.05, 4.69) is 5.32 Å². The zero-order chi connectivity index (χ0) is 16.9. The molecule has 0 saturated heterocycles. The van der Waals surface area contributed by atoms with E-state index < -0.39 is 9.84 Å². The molecule has 1 aromatic carbocycles. The molecular weight excluding hydrogens is 312 g/mol. The predicted octanol–water partition coefficient (Wildman–Crippen LogP) is 2.33.